The van der Waals surface area contributed by atoms with Crippen LogP contribution >= 0.6 is 0 Å². The molecule has 0 amide bonds. The molecule has 1 aromatic rings. The summed E-state index contributed by atoms with van der Waals surface area (Å²) in [5.74, 6) is -1.34. The lowest BCUT2D eigenvalue weighted by Gasteiger charge is -2.03. The third-order valence-electron chi connectivity index (χ3n) is 1.78. The molecule has 0 aliphatic carbocycles. The molecule has 0 saturated heterocycles. The van der Waals surface area contributed by atoms with E-state index in [0.717, 1.165) is 5.56 Å². The van der Waals surface area contributed by atoms with Crippen molar-refractivity contribution in [2.24, 2.45) is 0 Å². The molecule has 85 valence electrons. The molecule has 0 N–H and O–H groups in total. The highest BCUT2D eigenvalue weighted by Crippen LogP contribution is 2.00. The molecule has 0 aliphatic heterocycles. The quantitative estimate of drug-likeness (QED) is 0.558. The van der Waals surface area contributed by atoms with Gasteiger partial charge in [-0.3, -0.25) is 4.79 Å². The molecule has 0 saturated carbocycles. The summed E-state index contributed by atoms with van der Waals surface area (Å²) in [6.45, 7) is 1.59. The number of esters is 2. The maximum atomic E-state index is 11.0. The minimum Gasteiger partial charge on any atom is -0.391 e. The van der Waals surface area contributed by atoms with Gasteiger partial charge < -0.3 is 9.47 Å². The Morgan fingerprint density at radius 1 is 1.25 bits per heavy atom. The number of hydrogen-bond donors (Lipinski definition) is 0. The van der Waals surface area contributed by atoms with Gasteiger partial charge >= 0.3 is 11.9 Å². The van der Waals surface area contributed by atoms with Gasteiger partial charge in [-0.2, -0.15) is 0 Å². The van der Waals surface area contributed by atoms with Crippen LogP contribution in [0.3, 0.4) is 0 Å². The van der Waals surface area contributed by atoms with E-state index < -0.39 is 11.9 Å². The average molecular weight is 221 g/mol. The van der Waals surface area contributed by atoms with Crippen molar-refractivity contribution < 1.29 is 19.1 Å². The van der Waals surface area contributed by atoms with Crippen molar-refractivity contribution >= 4 is 11.9 Å². The van der Waals surface area contributed by atoms with Crippen LogP contribution < -0.4 is 0 Å². The van der Waals surface area contributed by atoms with Gasteiger partial charge in [0.05, 0.1) is 13.0 Å². The topological polar surface area (TPSA) is 52.6 Å². The maximum absolute atomic E-state index is 11.0. The van der Waals surface area contributed by atoms with E-state index in [9.17, 15) is 9.59 Å². The van der Waals surface area contributed by atoms with Crippen molar-refractivity contribution in [2.45, 2.75) is 13.5 Å². The fraction of sp³-hybridized carbons (Fsp3) is 0.250. The number of carbonyl (C=O) groups is 2. The molecule has 1 rings (SSSR count). The average Bonchev–Trinajstić information content (AvgIpc) is 2.30. The van der Waals surface area contributed by atoms with Gasteiger partial charge in [0.15, 0.2) is 0 Å². The van der Waals surface area contributed by atoms with Gasteiger partial charge in [-0.25, -0.2) is 4.79 Å². The molecule has 1 radical (unpaired) electrons. The minimum atomic E-state index is -0.681. The second kappa shape index (κ2) is 6.74. The van der Waals surface area contributed by atoms with Crippen LogP contribution in [-0.2, 0) is 25.7 Å². The van der Waals surface area contributed by atoms with Gasteiger partial charge in [-0.1, -0.05) is 37.3 Å². The molecule has 0 fully saturated rings. The second-order valence-corrected chi connectivity index (χ2v) is 3.06. The summed E-state index contributed by atoms with van der Waals surface area (Å²) >= 11 is 0. The predicted molar refractivity (Wildman–Crippen MR) is 57.2 cm³/mol. The van der Waals surface area contributed by atoms with Crippen LogP contribution in [0, 0.1) is 6.42 Å². The molecule has 0 heterocycles. The summed E-state index contributed by atoms with van der Waals surface area (Å²) in [5.41, 5.74) is 0.962. The number of carbonyl (C=O) groups excluding carboxylic acids is 2. The second-order valence-electron chi connectivity index (χ2n) is 3.06. The molecule has 4 heteroatoms. The van der Waals surface area contributed by atoms with Crippen molar-refractivity contribution in [2.75, 3.05) is 6.61 Å². The van der Waals surface area contributed by atoms with Gasteiger partial charge in [0.1, 0.15) is 6.61 Å². The van der Waals surface area contributed by atoms with Gasteiger partial charge in [-0.15, -0.1) is 0 Å². The molecule has 0 spiro atoms. The molecule has 0 aromatic heterocycles. The monoisotopic (exact) mass is 221 g/mol. The Morgan fingerprint density at radius 3 is 2.56 bits per heavy atom. The minimum absolute atomic E-state index is 0.228. The van der Waals surface area contributed by atoms with E-state index in [0.29, 0.717) is 6.61 Å². The smallest absolute Gasteiger partial charge is 0.339 e. The lowest BCUT2D eigenvalue weighted by Crippen LogP contribution is -2.17. The van der Waals surface area contributed by atoms with Gasteiger partial charge in [0.2, 0.25) is 0 Å². The number of hydrogen-bond acceptors (Lipinski definition) is 4. The number of rotatable bonds is 5. The Bertz CT molecular complexity index is 345. The van der Waals surface area contributed by atoms with Gasteiger partial charge in [0.25, 0.3) is 0 Å². The predicted octanol–water partition coefficient (Wildman–Crippen LogP) is 1.50. The third kappa shape index (κ3) is 4.70. The van der Waals surface area contributed by atoms with Crippen molar-refractivity contribution in [3.05, 3.63) is 42.3 Å². The Labute approximate surface area is 94.2 Å². The molecular weight excluding hydrogens is 208 g/mol. The van der Waals surface area contributed by atoms with E-state index in [1.54, 1.807) is 0 Å². The largest absolute Gasteiger partial charge is 0.391 e. The fourth-order valence-electron chi connectivity index (χ4n) is 1.03. The van der Waals surface area contributed by atoms with Crippen molar-refractivity contribution in [3.63, 3.8) is 0 Å². The van der Waals surface area contributed by atoms with Crippen molar-refractivity contribution in [1.29, 1.82) is 0 Å². The molecular formula is C12H13O4. The zero-order valence-electron chi connectivity index (χ0n) is 9.01. The third-order valence-corrected chi connectivity index (χ3v) is 1.78. The van der Waals surface area contributed by atoms with E-state index >= 15 is 0 Å². The molecule has 0 aliphatic rings. The summed E-state index contributed by atoms with van der Waals surface area (Å²) in [4.78, 5) is 21.7. The lowest BCUT2D eigenvalue weighted by molar-refractivity contribution is -0.160. The number of benzene rings is 1. The van der Waals surface area contributed by atoms with Crippen LogP contribution in [0.1, 0.15) is 12.5 Å². The Morgan fingerprint density at radius 2 is 1.94 bits per heavy atom. The SMILES string of the molecule is C[CH]C(=O)OC(=O)COCc1ccccc1. The first kappa shape index (κ1) is 12.4. The lowest BCUT2D eigenvalue weighted by atomic mass is 10.2. The van der Waals surface area contributed by atoms with Crippen LogP contribution in [-0.4, -0.2) is 18.5 Å². The Balaban J connectivity index is 2.21. The number of ether oxygens (including phenoxy) is 2. The summed E-state index contributed by atoms with van der Waals surface area (Å²) in [7, 11) is 0. The summed E-state index contributed by atoms with van der Waals surface area (Å²) in [5, 5.41) is 0. The normalized spacial score (nSPS) is 9.81. The summed E-state index contributed by atoms with van der Waals surface area (Å²) < 4.78 is 9.47. The van der Waals surface area contributed by atoms with Gasteiger partial charge in [-0.05, 0) is 5.56 Å². The van der Waals surface area contributed by atoms with E-state index in [4.69, 9.17) is 4.74 Å². The molecule has 4 nitrogen and oxygen atoms in total. The van der Waals surface area contributed by atoms with Crippen LogP contribution in [0.2, 0.25) is 0 Å². The zero-order chi connectivity index (χ0) is 11.8. The zero-order valence-corrected chi connectivity index (χ0v) is 9.01. The molecule has 0 unspecified atom stereocenters. The fourth-order valence-corrected chi connectivity index (χ4v) is 1.03. The highest BCUT2D eigenvalue weighted by molar-refractivity contribution is 5.90. The molecule has 16 heavy (non-hydrogen) atoms. The highest BCUT2D eigenvalue weighted by Gasteiger charge is 2.08. The van der Waals surface area contributed by atoms with Crippen LogP contribution in [0.4, 0.5) is 0 Å². The highest BCUT2D eigenvalue weighted by atomic mass is 16.6. The van der Waals surface area contributed by atoms with Crippen LogP contribution in [0.5, 0.6) is 0 Å². The van der Waals surface area contributed by atoms with Crippen LogP contribution in [0.15, 0.2) is 30.3 Å². The Kier molecular flexibility index (Phi) is 5.22. The first-order chi connectivity index (χ1) is 7.72. The van der Waals surface area contributed by atoms with Crippen molar-refractivity contribution in [3.8, 4) is 0 Å². The van der Waals surface area contributed by atoms with Crippen molar-refractivity contribution in [1.82, 2.24) is 0 Å². The molecule has 0 bridgehead atoms. The maximum Gasteiger partial charge on any atom is 0.339 e. The van der Waals surface area contributed by atoms with E-state index in [-0.39, 0.29) is 6.61 Å². The summed E-state index contributed by atoms with van der Waals surface area (Å²) in [6, 6.07) is 9.43. The van der Waals surface area contributed by atoms with Gasteiger partial charge in [0, 0.05) is 0 Å². The van der Waals surface area contributed by atoms with E-state index in [2.05, 4.69) is 4.74 Å². The first-order valence-electron chi connectivity index (χ1n) is 4.88. The van der Waals surface area contributed by atoms with E-state index in [1.165, 1.54) is 13.3 Å². The summed E-state index contributed by atoms with van der Waals surface area (Å²) in [6.07, 6.45) is 1.18. The first-order valence-corrected chi connectivity index (χ1v) is 4.88. The van der Waals surface area contributed by atoms with E-state index in [1.807, 2.05) is 30.3 Å². The van der Waals surface area contributed by atoms with Crippen LogP contribution in [0.25, 0.3) is 0 Å². The standard InChI is InChI=1S/C12H13O4/c1-2-11(13)16-12(14)9-15-8-10-6-4-3-5-7-10/h2-7H,8-9H2,1H3. The molecule has 0 atom stereocenters. The Hall–Kier alpha value is -1.68. The molecule has 1 aromatic carbocycles.